The van der Waals surface area contributed by atoms with Crippen LogP contribution in [-0.4, -0.2) is 71.4 Å². The summed E-state index contributed by atoms with van der Waals surface area (Å²) in [6.45, 7) is 6.48. The van der Waals surface area contributed by atoms with E-state index in [-0.39, 0.29) is 46.5 Å². The van der Waals surface area contributed by atoms with Gasteiger partial charge in [0.1, 0.15) is 0 Å². The number of likely N-dealkylation sites (tertiary alicyclic amines) is 1. The highest BCUT2D eigenvalue weighted by Crippen LogP contribution is 2.35. The Kier molecular flexibility index (Phi) is 5.37. The van der Waals surface area contributed by atoms with Crippen LogP contribution < -0.4 is 10.2 Å². The molecule has 9 nitrogen and oxygen atoms in total. The zero-order valence-corrected chi connectivity index (χ0v) is 17.1. The third-order valence-corrected chi connectivity index (χ3v) is 5.44. The highest BCUT2D eigenvalue weighted by Gasteiger charge is 2.35. The number of carbonyl (C=O) groups is 2. The quantitative estimate of drug-likeness (QED) is 0.761. The summed E-state index contributed by atoms with van der Waals surface area (Å²) in [5, 5.41) is 16.7. The van der Waals surface area contributed by atoms with Crippen LogP contribution in [0.5, 0.6) is 0 Å². The van der Waals surface area contributed by atoms with Gasteiger partial charge in [0.15, 0.2) is 11.5 Å². The number of amides is 2. The number of benzene rings is 1. The first kappa shape index (κ1) is 20.5. The largest absolute Gasteiger partial charge is 0.392 e. The Balaban J connectivity index is 1.65. The zero-order valence-electron chi connectivity index (χ0n) is 17.1. The topological polar surface area (TPSA) is 108 Å². The van der Waals surface area contributed by atoms with Crippen LogP contribution in [0.15, 0.2) is 10.6 Å². The first-order valence-electron chi connectivity index (χ1n) is 9.96. The number of ether oxygens (including phenoxy) is 1. The van der Waals surface area contributed by atoms with Gasteiger partial charge in [-0.1, -0.05) is 5.16 Å². The summed E-state index contributed by atoms with van der Waals surface area (Å²) < 4.78 is 26.4. The van der Waals surface area contributed by atoms with E-state index in [9.17, 15) is 14.7 Å². The number of nitrogens with zero attached hydrogens (tertiary/aromatic N) is 3. The van der Waals surface area contributed by atoms with E-state index in [4.69, 9.17) is 9.26 Å². The Hall–Kier alpha value is -2.72. The number of halogens is 1. The Bertz CT molecular complexity index is 977. The molecule has 0 aliphatic carbocycles. The van der Waals surface area contributed by atoms with Gasteiger partial charge in [-0.3, -0.25) is 9.59 Å². The number of fused-ring (bicyclic) bond motifs is 1. The summed E-state index contributed by atoms with van der Waals surface area (Å²) in [6, 6.07) is 1.46. The van der Waals surface area contributed by atoms with E-state index in [0.29, 0.717) is 31.7 Å². The van der Waals surface area contributed by atoms with Gasteiger partial charge < -0.3 is 29.5 Å². The summed E-state index contributed by atoms with van der Waals surface area (Å²) in [7, 11) is 0. The average Bonchev–Trinajstić information content (AvgIpc) is 3.06. The summed E-state index contributed by atoms with van der Waals surface area (Å²) >= 11 is 0. The normalized spacial score (nSPS) is 22.3. The highest BCUT2D eigenvalue weighted by atomic mass is 19.1. The lowest BCUT2D eigenvalue weighted by Gasteiger charge is -2.39. The molecule has 1 aromatic carbocycles. The predicted molar refractivity (Wildman–Crippen MR) is 106 cm³/mol. The van der Waals surface area contributed by atoms with Crippen molar-refractivity contribution < 1.29 is 28.3 Å². The molecule has 30 heavy (non-hydrogen) atoms. The Morgan fingerprint density at radius 1 is 1.27 bits per heavy atom. The number of nitrogens with one attached hydrogen (secondary N) is 1. The third kappa shape index (κ3) is 3.61. The number of aliphatic hydroxyl groups excluding tert-OH is 1. The number of hydrogen-bond acceptors (Lipinski definition) is 7. The molecule has 2 fully saturated rings. The lowest BCUT2D eigenvalue weighted by molar-refractivity contribution is -0.120. The molecule has 2 amide bonds. The van der Waals surface area contributed by atoms with E-state index in [1.165, 1.54) is 11.8 Å². The maximum atomic E-state index is 15.4. The average molecular weight is 420 g/mol. The lowest BCUT2D eigenvalue weighted by atomic mass is 10.0. The van der Waals surface area contributed by atoms with Gasteiger partial charge in [-0.05, 0) is 19.9 Å². The number of rotatable bonds is 4. The summed E-state index contributed by atoms with van der Waals surface area (Å²) in [6.07, 6.45) is -0.185. The molecule has 162 valence electrons. The number of morpholine rings is 1. The second kappa shape index (κ2) is 7.84. The minimum Gasteiger partial charge on any atom is -0.392 e. The van der Waals surface area contributed by atoms with Crippen LogP contribution >= 0.6 is 0 Å². The van der Waals surface area contributed by atoms with Crippen LogP contribution in [-0.2, 0) is 16.1 Å². The van der Waals surface area contributed by atoms with E-state index in [0.717, 1.165) is 0 Å². The molecule has 0 spiro atoms. The summed E-state index contributed by atoms with van der Waals surface area (Å²) in [5.74, 6) is -1.21. The molecule has 2 aromatic rings. The van der Waals surface area contributed by atoms with Gasteiger partial charge in [0.2, 0.25) is 11.5 Å². The predicted octanol–water partition coefficient (Wildman–Crippen LogP) is 1.03. The fourth-order valence-corrected chi connectivity index (χ4v) is 4.23. The molecule has 2 aliphatic rings. The van der Waals surface area contributed by atoms with E-state index < -0.39 is 18.3 Å². The van der Waals surface area contributed by atoms with Gasteiger partial charge >= 0.3 is 0 Å². The monoisotopic (exact) mass is 420 g/mol. The second-order valence-corrected chi connectivity index (χ2v) is 8.03. The van der Waals surface area contributed by atoms with Crippen LogP contribution in [0.3, 0.4) is 0 Å². The molecule has 0 radical (unpaired) electrons. The van der Waals surface area contributed by atoms with Gasteiger partial charge in [0, 0.05) is 38.7 Å². The van der Waals surface area contributed by atoms with Crippen molar-refractivity contribution in [3.63, 3.8) is 0 Å². The number of carbonyl (C=O) groups excluding carboxylic acids is 2. The van der Waals surface area contributed by atoms with E-state index >= 15 is 4.39 Å². The van der Waals surface area contributed by atoms with Crippen LogP contribution in [0.25, 0.3) is 11.0 Å². The fraction of sp³-hybridized carbons (Fsp3) is 0.550. The number of anilines is 1. The van der Waals surface area contributed by atoms with Gasteiger partial charge in [-0.2, -0.15) is 0 Å². The third-order valence-electron chi connectivity index (χ3n) is 5.44. The minimum absolute atomic E-state index is 0.00450. The van der Waals surface area contributed by atoms with Crippen molar-refractivity contribution in [2.24, 2.45) is 0 Å². The van der Waals surface area contributed by atoms with Crippen molar-refractivity contribution in [3.05, 3.63) is 23.1 Å². The molecule has 1 aromatic heterocycles. The lowest BCUT2D eigenvalue weighted by Crippen LogP contribution is -2.60. The molecule has 2 aliphatic heterocycles. The second-order valence-electron chi connectivity index (χ2n) is 8.03. The molecule has 3 heterocycles. The molecule has 2 N–H and O–H groups in total. The van der Waals surface area contributed by atoms with E-state index in [1.807, 2.05) is 18.7 Å². The minimum atomic E-state index is -0.649. The Morgan fingerprint density at radius 3 is 2.53 bits per heavy atom. The van der Waals surface area contributed by atoms with Crippen molar-refractivity contribution >= 4 is 28.5 Å². The maximum absolute atomic E-state index is 15.4. The SMILES string of the molecule is CC(=O)NC1CN(C(=O)c2noc3c(F)c(N4C[C@@H](C)O[C@@H](C)C4)c(CO)cc23)C1. The molecule has 10 heteroatoms. The van der Waals surface area contributed by atoms with Gasteiger partial charge in [0.25, 0.3) is 5.91 Å². The summed E-state index contributed by atoms with van der Waals surface area (Å²) in [4.78, 5) is 27.3. The molecule has 0 bridgehead atoms. The standard InChI is InChI=1S/C20H25FN4O5/c1-10-5-24(6-11(2)29-10)18-13(9-26)4-15-17(23-30-19(15)16(18)21)20(28)25-7-14(8-25)22-12(3)27/h4,10-11,14,26H,5-9H2,1-3H3,(H,22,27)/t10-,11+. The Labute approximate surface area is 172 Å². The summed E-state index contributed by atoms with van der Waals surface area (Å²) in [5.41, 5.74) is 0.488. The zero-order chi connectivity index (χ0) is 21.6. The molecule has 4 rings (SSSR count). The first-order chi connectivity index (χ1) is 14.3. The van der Waals surface area contributed by atoms with Gasteiger partial charge in [-0.15, -0.1) is 0 Å². The van der Waals surface area contributed by atoms with Crippen molar-refractivity contribution in [3.8, 4) is 0 Å². The maximum Gasteiger partial charge on any atom is 0.276 e. The molecule has 2 saturated heterocycles. The van der Waals surface area contributed by atoms with Crippen molar-refractivity contribution in [2.45, 2.75) is 45.6 Å². The smallest absolute Gasteiger partial charge is 0.276 e. The van der Waals surface area contributed by atoms with Gasteiger partial charge in [0.05, 0.1) is 35.9 Å². The fourth-order valence-electron chi connectivity index (χ4n) is 4.23. The molecular formula is C20H25FN4O5. The number of hydrogen-bond donors (Lipinski definition) is 2. The van der Waals surface area contributed by atoms with Crippen molar-refractivity contribution in [1.82, 2.24) is 15.4 Å². The van der Waals surface area contributed by atoms with Crippen molar-refractivity contribution in [1.29, 1.82) is 0 Å². The first-order valence-corrected chi connectivity index (χ1v) is 9.96. The number of aliphatic hydroxyl groups is 1. The number of aromatic nitrogens is 1. The Morgan fingerprint density at radius 2 is 1.93 bits per heavy atom. The van der Waals surface area contributed by atoms with Crippen LogP contribution in [0.4, 0.5) is 10.1 Å². The molecule has 0 unspecified atom stereocenters. The molecular weight excluding hydrogens is 395 g/mol. The van der Waals surface area contributed by atoms with E-state index in [2.05, 4.69) is 10.5 Å². The van der Waals surface area contributed by atoms with Crippen LogP contribution in [0.2, 0.25) is 0 Å². The van der Waals surface area contributed by atoms with Gasteiger partial charge in [-0.25, -0.2) is 4.39 Å². The van der Waals surface area contributed by atoms with Crippen LogP contribution in [0.1, 0.15) is 36.8 Å². The van der Waals surface area contributed by atoms with Crippen LogP contribution in [0, 0.1) is 5.82 Å². The van der Waals surface area contributed by atoms with E-state index in [1.54, 1.807) is 6.07 Å². The van der Waals surface area contributed by atoms with Crippen molar-refractivity contribution in [2.75, 3.05) is 31.1 Å². The molecule has 2 atom stereocenters. The highest BCUT2D eigenvalue weighted by molar-refractivity contribution is 6.05. The molecule has 0 saturated carbocycles.